The molecular formula is C30H12. The molecule has 0 fully saturated rings. The van der Waals surface area contributed by atoms with Gasteiger partial charge in [-0.15, -0.1) is 0 Å². The Hall–Kier alpha value is -3.90. The fourth-order valence-corrected chi connectivity index (χ4v) is 6.75. The first-order valence-corrected chi connectivity index (χ1v) is 10.7. The Morgan fingerprint density at radius 1 is 0.167 bits per heavy atom. The second-order valence-corrected chi connectivity index (χ2v) is 9.43. The van der Waals surface area contributed by atoms with E-state index in [9.17, 15) is 0 Å². The molecule has 0 unspecified atom stereocenters. The monoisotopic (exact) mass is 372 g/mol. The smallest absolute Gasteiger partial charge is 0.00926 e. The number of hydrogen-bond donors (Lipinski definition) is 0. The average molecular weight is 372 g/mol. The van der Waals surface area contributed by atoms with Crippen LogP contribution in [0.1, 0.15) is 0 Å². The van der Waals surface area contributed by atoms with Crippen LogP contribution in [0.25, 0.3) is 97.0 Å². The van der Waals surface area contributed by atoms with Crippen molar-refractivity contribution >= 4 is 97.0 Å². The molecule has 0 aromatic heterocycles. The maximum Gasteiger partial charge on any atom is -0.00926 e. The summed E-state index contributed by atoms with van der Waals surface area (Å²) in [7, 11) is 0. The van der Waals surface area contributed by atoms with E-state index in [0.29, 0.717) is 0 Å². The van der Waals surface area contributed by atoms with Crippen LogP contribution in [0.5, 0.6) is 0 Å². The van der Waals surface area contributed by atoms with E-state index in [2.05, 4.69) is 72.8 Å². The first kappa shape index (κ1) is 13.3. The predicted molar refractivity (Wildman–Crippen MR) is 131 cm³/mol. The zero-order valence-corrected chi connectivity index (χ0v) is 15.9. The molecule has 0 saturated carbocycles. The number of benzene rings is 3. The first-order valence-electron chi connectivity index (χ1n) is 10.7. The highest BCUT2D eigenvalue weighted by Crippen LogP contribution is 2.47. The van der Waals surface area contributed by atoms with Crippen LogP contribution in [0.15, 0.2) is 72.8 Å². The molecule has 0 nitrogen and oxygen atoms in total. The minimum Gasteiger partial charge on any atom is -0.0458 e. The topological polar surface area (TPSA) is 0 Å². The summed E-state index contributed by atoms with van der Waals surface area (Å²) in [6.45, 7) is 0. The lowest BCUT2D eigenvalue weighted by Crippen LogP contribution is -1.68. The second kappa shape index (κ2) is 3.78. The zero-order chi connectivity index (χ0) is 18.9. The van der Waals surface area contributed by atoms with Crippen LogP contribution >= 0.6 is 0 Å². The third kappa shape index (κ3) is 1.19. The van der Waals surface area contributed by atoms with Crippen molar-refractivity contribution in [2.75, 3.05) is 0 Å². The molecule has 9 aromatic rings. The van der Waals surface area contributed by atoms with E-state index in [4.69, 9.17) is 0 Å². The molecule has 0 N–H and O–H groups in total. The molecule has 0 amide bonds. The van der Waals surface area contributed by atoms with Crippen molar-refractivity contribution in [3.63, 3.8) is 0 Å². The predicted octanol–water partition coefficient (Wildman–Crippen LogP) is 8.69. The Morgan fingerprint density at radius 3 is 0.467 bits per heavy atom. The average Bonchev–Trinajstić information content (AvgIpc) is 3.53. The van der Waals surface area contributed by atoms with Crippen LogP contribution < -0.4 is 0 Å². The fraction of sp³-hybridized carbons (Fsp3) is 0. The van der Waals surface area contributed by atoms with Gasteiger partial charge in [0, 0.05) is 0 Å². The third-order valence-electron chi connectivity index (χ3n) is 8.08. The molecule has 132 valence electrons. The van der Waals surface area contributed by atoms with E-state index in [1.807, 2.05) is 0 Å². The number of fused-ring (bicyclic) bond motifs is 15. The zero-order valence-electron chi connectivity index (χ0n) is 15.9. The summed E-state index contributed by atoms with van der Waals surface area (Å²) in [5.74, 6) is 0. The SMILES string of the molecule is c1c2cc3c4cc5cc6c7cc8cc9c1c1cc2c3cc4cc5c6cc7cc8c9c1. The van der Waals surface area contributed by atoms with Crippen LogP contribution in [-0.4, -0.2) is 0 Å². The van der Waals surface area contributed by atoms with Crippen LogP contribution in [0.4, 0.5) is 0 Å². The summed E-state index contributed by atoms with van der Waals surface area (Å²) < 4.78 is 0. The van der Waals surface area contributed by atoms with Crippen LogP contribution in [0.2, 0.25) is 0 Å². The van der Waals surface area contributed by atoms with Crippen molar-refractivity contribution in [1.29, 1.82) is 0 Å². The van der Waals surface area contributed by atoms with Gasteiger partial charge in [0.25, 0.3) is 0 Å². The van der Waals surface area contributed by atoms with Crippen LogP contribution in [0.3, 0.4) is 0 Å². The van der Waals surface area contributed by atoms with Crippen molar-refractivity contribution in [2.45, 2.75) is 0 Å². The van der Waals surface area contributed by atoms with Gasteiger partial charge in [-0.3, -0.25) is 0 Å². The minimum absolute atomic E-state index is 1.37. The van der Waals surface area contributed by atoms with Gasteiger partial charge < -0.3 is 0 Å². The molecule has 0 heterocycles. The third-order valence-corrected chi connectivity index (χ3v) is 8.08. The van der Waals surface area contributed by atoms with E-state index in [1.165, 1.54) is 97.0 Å². The minimum atomic E-state index is 1.37. The highest BCUT2D eigenvalue weighted by Gasteiger charge is 2.19. The Kier molecular flexibility index (Phi) is 1.68. The van der Waals surface area contributed by atoms with Gasteiger partial charge in [0.05, 0.1) is 0 Å². The lowest BCUT2D eigenvalue weighted by Gasteiger charge is -1.96. The van der Waals surface area contributed by atoms with E-state index in [0.717, 1.165) is 0 Å². The quantitative estimate of drug-likeness (QED) is 0.250. The van der Waals surface area contributed by atoms with E-state index in [1.54, 1.807) is 0 Å². The summed E-state index contributed by atoms with van der Waals surface area (Å²) >= 11 is 0. The summed E-state index contributed by atoms with van der Waals surface area (Å²) in [6, 6.07) is 29.0. The van der Waals surface area contributed by atoms with Crippen molar-refractivity contribution in [3.8, 4) is 0 Å². The van der Waals surface area contributed by atoms with Gasteiger partial charge in [0.15, 0.2) is 0 Å². The van der Waals surface area contributed by atoms with Crippen LogP contribution in [0, 0.1) is 0 Å². The molecular weight excluding hydrogens is 360 g/mol. The van der Waals surface area contributed by atoms with Gasteiger partial charge in [-0.25, -0.2) is 0 Å². The number of rotatable bonds is 0. The maximum atomic E-state index is 2.42. The molecule has 9 aromatic carbocycles. The molecule has 0 spiro atoms. The molecule has 0 aliphatic carbocycles. The van der Waals surface area contributed by atoms with Crippen molar-refractivity contribution in [1.82, 2.24) is 0 Å². The molecule has 9 rings (SSSR count). The van der Waals surface area contributed by atoms with Gasteiger partial charge in [0.2, 0.25) is 0 Å². The molecule has 30 heavy (non-hydrogen) atoms. The van der Waals surface area contributed by atoms with Gasteiger partial charge in [-0.05, 0) is 170 Å². The Labute approximate surface area is 169 Å². The Bertz CT molecular complexity index is 1790. The summed E-state index contributed by atoms with van der Waals surface area (Å²) in [4.78, 5) is 0. The lowest BCUT2D eigenvalue weighted by atomic mass is 10.1. The van der Waals surface area contributed by atoms with Gasteiger partial charge in [0.1, 0.15) is 0 Å². The Balaban J connectivity index is 1.69. The summed E-state index contributed by atoms with van der Waals surface area (Å²) in [5, 5.41) is 25.0. The van der Waals surface area contributed by atoms with Crippen molar-refractivity contribution < 1.29 is 0 Å². The van der Waals surface area contributed by atoms with Gasteiger partial charge in [-0.1, -0.05) is 0 Å². The lowest BCUT2D eigenvalue weighted by molar-refractivity contribution is 2.01. The summed E-state index contributed by atoms with van der Waals surface area (Å²) in [6.07, 6.45) is 0. The maximum absolute atomic E-state index is 2.42. The molecule has 0 radical (unpaired) electrons. The fourth-order valence-electron chi connectivity index (χ4n) is 6.75. The number of hydrogen-bond acceptors (Lipinski definition) is 0. The molecule has 0 bridgehead atoms. The Morgan fingerprint density at radius 2 is 0.300 bits per heavy atom. The van der Waals surface area contributed by atoms with E-state index >= 15 is 0 Å². The molecule has 0 heteroatoms. The largest absolute Gasteiger partial charge is 0.0458 e. The van der Waals surface area contributed by atoms with Gasteiger partial charge in [-0.2, -0.15) is 0 Å². The van der Waals surface area contributed by atoms with E-state index < -0.39 is 0 Å². The first-order chi connectivity index (χ1) is 14.8. The highest BCUT2D eigenvalue weighted by molar-refractivity contribution is 6.35. The summed E-state index contributed by atoms with van der Waals surface area (Å²) in [5.41, 5.74) is 0. The molecule has 0 atom stereocenters. The second-order valence-electron chi connectivity index (χ2n) is 9.43. The van der Waals surface area contributed by atoms with E-state index in [-0.39, 0.29) is 0 Å². The normalized spacial score (nSPS) is 14.0. The molecule has 0 saturated heterocycles. The van der Waals surface area contributed by atoms with Crippen molar-refractivity contribution in [2.24, 2.45) is 0 Å². The molecule has 0 aliphatic heterocycles. The highest BCUT2D eigenvalue weighted by atomic mass is 14.2. The van der Waals surface area contributed by atoms with Gasteiger partial charge >= 0.3 is 0 Å². The van der Waals surface area contributed by atoms with Crippen molar-refractivity contribution in [3.05, 3.63) is 72.8 Å². The molecule has 0 aliphatic rings. The van der Waals surface area contributed by atoms with Crippen LogP contribution in [-0.2, 0) is 0 Å². The standard InChI is InChI=1S/C30H12/c1-13-7-26-21-4-17-11-29-23-3-15-9-25-19(1)14-2-20(13)27(26)10-16(21)6-24(17)30(29)12-18(23)5-22(15)28(25)8-14/h1-12H.